The lowest BCUT2D eigenvalue weighted by Crippen LogP contribution is -2.63. The number of benzene rings is 2. The largest absolute Gasteiger partial charge is 0.465 e. The number of pyridine rings is 2. The molecule has 7 rings (SSSR count). The Morgan fingerprint density at radius 2 is 1.34 bits per heavy atom. The first kappa shape index (κ1) is 57.6. The average Bonchev–Trinajstić information content (AvgIpc) is 3.61. The number of rotatable bonds is 18. The van der Waals surface area contributed by atoms with Crippen molar-refractivity contribution >= 4 is 29.8 Å². The molecule has 3 fully saturated rings. The van der Waals surface area contributed by atoms with Gasteiger partial charge in [-0.25, -0.2) is 24.0 Å². The standard InChI is InChI=1S/C53H60F7N9O8/c1-50(2,52(55,56)57)44(65-49(75)76-5)46(71)63-41(22-32-9-6-31(7-10-32)8-11-33-14-21-43(62-23-33)67-26-37-18-19-38(27-67)69(37)39-29-77-30-39)42(70)28-68(66-47(72)45(64-48(73)74)51(3,4)53(58,59)60)25-34-12-15-35(16-13-34)40-20-17-36(54)24-61-40/h6-7,9-10,12-17,20-21,23-24,37-39,41-42,44-45,64,70H,18-19,22,25-30H2,1-5H3,(H,63,71)(H,65,75)(H,66,72)(H,73,74). The van der Waals surface area contributed by atoms with Crippen LogP contribution in [0.4, 0.5) is 46.1 Å². The molecule has 4 amide bonds. The van der Waals surface area contributed by atoms with E-state index in [4.69, 9.17) is 9.72 Å². The number of alkyl halides is 6. The number of nitrogens with one attached hydrogen (secondary N) is 4. The summed E-state index contributed by atoms with van der Waals surface area (Å²) in [6.45, 7) is 4.66. The summed E-state index contributed by atoms with van der Waals surface area (Å²) in [6, 6.07) is 14.0. The number of methoxy groups -OCH3 is 1. The number of aliphatic hydroxyl groups is 1. The highest BCUT2D eigenvalue weighted by Gasteiger charge is 2.57. The second-order valence-electron chi connectivity index (χ2n) is 20.5. The molecule has 6 N–H and O–H groups in total. The van der Waals surface area contributed by atoms with Crippen molar-refractivity contribution in [2.45, 2.75) is 108 Å². The molecule has 0 spiro atoms. The molecule has 3 aliphatic rings. The quantitative estimate of drug-likeness (QED) is 0.0374. The first-order valence-corrected chi connectivity index (χ1v) is 24.6. The van der Waals surface area contributed by atoms with Crippen LogP contribution in [0.15, 0.2) is 85.2 Å². The Bertz CT molecular complexity index is 2760. The van der Waals surface area contributed by atoms with Crippen molar-refractivity contribution in [3.63, 3.8) is 0 Å². The summed E-state index contributed by atoms with van der Waals surface area (Å²) in [6.07, 6.45) is -10.8. The maximum absolute atomic E-state index is 14.5. The molecule has 0 saturated carbocycles. The number of hydrazine groups is 1. The monoisotopic (exact) mass is 1080 g/mol. The third-order valence-corrected chi connectivity index (χ3v) is 14.4. The molecule has 5 heterocycles. The summed E-state index contributed by atoms with van der Waals surface area (Å²) in [7, 11) is 0.874. The van der Waals surface area contributed by atoms with E-state index in [2.05, 4.69) is 42.1 Å². The lowest BCUT2D eigenvalue weighted by molar-refractivity contribution is -0.221. The summed E-state index contributed by atoms with van der Waals surface area (Å²) in [4.78, 5) is 65.7. The minimum atomic E-state index is -5.13. The van der Waals surface area contributed by atoms with Gasteiger partial charge in [0.2, 0.25) is 5.91 Å². The predicted molar refractivity (Wildman–Crippen MR) is 266 cm³/mol. The maximum Gasteiger partial charge on any atom is 0.407 e. The molecule has 24 heteroatoms. The Balaban J connectivity index is 1.14. The fraction of sp³-hybridized carbons (Fsp3) is 0.472. The van der Waals surface area contributed by atoms with Crippen LogP contribution in [0.2, 0.25) is 0 Å². The third-order valence-electron chi connectivity index (χ3n) is 14.4. The SMILES string of the molecule is COC(=O)NC(C(=O)NC(Cc1ccc(C#Cc2ccc(N3CC4CCC(C3)N4C3COC3)nc2)cc1)C(O)CN(Cc1ccc(-c2ccc(F)cn2)cc1)NC(=O)C(NC(=O)O)C(C)(C)C(F)(F)F)C(C)(C)C(F)(F)F. The lowest BCUT2D eigenvalue weighted by Gasteiger charge is -2.47. The van der Waals surface area contributed by atoms with E-state index >= 15 is 0 Å². The number of aliphatic hydroxyl groups excluding tert-OH is 1. The molecular formula is C53H60F7N9O8. The number of fused-ring (bicyclic) bond motifs is 2. The number of aromatic nitrogens is 2. The molecule has 2 bridgehead atoms. The summed E-state index contributed by atoms with van der Waals surface area (Å²) in [5, 5.41) is 28.5. The number of carboxylic acid groups (broad SMARTS) is 1. The van der Waals surface area contributed by atoms with Gasteiger partial charge in [-0.2, -0.15) is 26.3 Å². The number of nitrogens with zero attached hydrogens (tertiary/aromatic N) is 5. The number of amides is 4. The van der Waals surface area contributed by atoms with Crippen LogP contribution in [-0.4, -0.2) is 149 Å². The summed E-state index contributed by atoms with van der Waals surface area (Å²) >= 11 is 0. The van der Waals surface area contributed by atoms with Gasteiger partial charge in [0.1, 0.15) is 23.7 Å². The van der Waals surface area contributed by atoms with Gasteiger partial charge < -0.3 is 40.5 Å². The lowest BCUT2D eigenvalue weighted by atomic mass is 9.82. The van der Waals surface area contributed by atoms with Crippen LogP contribution in [0.3, 0.4) is 0 Å². The zero-order valence-electron chi connectivity index (χ0n) is 42.7. The number of carbonyl (C=O) groups is 4. The van der Waals surface area contributed by atoms with Gasteiger partial charge in [-0.3, -0.25) is 24.9 Å². The van der Waals surface area contributed by atoms with Crippen molar-refractivity contribution < 1.29 is 69.6 Å². The van der Waals surface area contributed by atoms with Crippen molar-refractivity contribution in [3.05, 3.63) is 113 Å². The van der Waals surface area contributed by atoms with Gasteiger partial charge >= 0.3 is 24.5 Å². The van der Waals surface area contributed by atoms with Crippen LogP contribution < -0.4 is 26.3 Å². The van der Waals surface area contributed by atoms with E-state index in [1.54, 1.807) is 47.9 Å². The van der Waals surface area contributed by atoms with Crippen LogP contribution in [0.25, 0.3) is 11.3 Å². The number of hydrogen-bond donors (Lipinski definition) is 6. The van der Waals surface area contributed by atoms with E-state index in [-0.39, 0.29) is 6.42 Å². The molecule has 2 aromatic heterocycles. The number of carbonyl (C=O) groups excluding carboxylic acids is 3. The summed E-state index contributed by atoms with van der Waals surface area (Å²) < 4.78 is 110. The Labute approximate surface area is 439 Å². The molecule has 3 saturated heterocycles. The summed E-state index contributed by atoms with van der Waals surface area (Å²) in [5.74, 6) is 3.49. The average molecular weight is 1080 g/mol. The molecule has 0 aliphatic carbocycles. The highest BCUT2D eigenvalue weighted by atomic mass is 19.4. The number of hydrogen-bond acceptors (Lipinski definition) is 12. The molecule has 77 heavy (non-hydrogen) atoms. The highest BCUT2D eigenvalue weighted by molar-refractivity contribution is 5.87. The predicted octanol–water partition coefficient (Wildman–Crippen LogP) is 6.19. The van der Waals surface area contributed by atoms with Crippen LogP contribution >= 0.6 is 0 Å². The topological polar surface area (TPSA) is 211 Å². The fourth-order valence-corrected chi connectivity index (χ4v) is 9.48. The molecule has 4 aromatic rings. The molecule has 414 valence electrons. The van der Waals surface area contributed by atoms with Gasteiger partial charge in [-0.1, -0.05) is 48.2 Å². The molecule has 3 aliphatic heterocycles. The van der Waals surface area contributed by atoms with E-state index in [1.165, 1.54) is 24.3 Å². The zero-order chi connectivity index (χ0) is 56.0. The van der Waals surface area contributed by atoms with Gasteiger partial charge in [0.15, 0.2) is 0 Å². The Morgan fingerprint density at radius 3 is 1.86 bits per heavy atom. The van der Waals surface area contributed by atoms with Gasteiger partial charge in [-0.15, -0.1) is 0 Å². The minimum Gasteiger partial charge on any atom is -0.465 e. The third kappa shape index (κ3) is 13.9. The van der Waals surface area contributed by atoms with E-state index in [0.29, 0.717) is 79.3 Å². The number of ether oxygens (including phenoxy) is 2. The second kappa shape index (κ2) is 23.7. The normalized spacial score (nSPS) is 18.7. The Morgan fingerprint density at radius 1 is 0.753 bits per heavy atom. The van der Waals surface area contributed by atoms with Gasteiger partial charge in [0, 0.05) is 61.1 Å². The number of alkyl carbamates (subject to hydrolysis) is 1. The van der Waals surface area contributed by atoms with E-state index in [0.717, 1.165) is 63.3 Å². The fourth-order valence-electron chi connectivity index (χ4n) is 9.48. The van der Waals surface area contributed by atoms with Crippen molar-refractivity contribution in [3.8, 4) is 23.1 Å². The molecule has 2 aromatic carbocycles. The van der Waals surface area contributed by atoms with Crippen LogP contribution in [-0.2, 0) is 32.0 Å². The Hall–Kier alpha value is -7.07. The molecule has 0 radical (unpaired) electrons. The van der Waals surface area contributed by atoms with Gasteiger partial charge in [-0.05, 0) is 94.5 Å². The van der Waals surface area contributed by atoms with Crippen molar-refractivity contribution in [1.82, 2.24) is 41.3 Å². The van der Waals surface area contributed by atoms with Crippen molar-refractivity contribution in [1.29, 1.82) is 0 Å². The van der Waals surface area contributed by atoms with Crippen molar-refractivity contribution in [2.24, 2.45) is 10.8 Å². The minimum absolute atomic E-state index is 0.320. The maximum atomic E-state index is 14.5. The zero-order valence-corrected chi connectivity index (χ0v) is 42.7. The molecule has 6 atom stereocenters. The first-order chi connectivity index (χ1) is 36.2. The van der Waals surface area contributed by atoms with Gasteiger partial charge in [0.05, 0.1) is 61.2 Å². The van der Waals surface area contributed by atoms with E-state index < -0.39 is 90.3 Å². The van der Waals surface area contributed by atoms with Crippen LogP contribution in [0.5, 0.6) is 0 Å². The van der Waals surface area contributed by atoms with Crippen LogP contribution in [0.1, 0.15) is 62.8 Å². The second-order valence-corrected chi connectivity index (χ2v) is 20.5. The smallest absolute Gasteiger partial charge is 0.407 e. The van der Waals surface area contributed by atoms with Crippen LogP contribution in [0, 0.1) is 28.5 Å². The molecule has 17 nitrogen and oxygen atoms in total. The van der Waals surface area contributed by atoms with Gasteiger partial charge in [0.25, 0.3) is 5.91 Å². The molecule has 6 unspecified atom stereocenters. The molecular weight excluding hydrogens is 1020 g/mol. The number of anilines is 1. The highest BCUT2D eigenvalue weighted by Crippen LogP contribution is 2.42. The number of piperazine rings is 1. The Kier molecular flexibility index (Phi) is 17.7. The number of halogens is 7. The van der Waals surface area contributed by atoms with E-state index in [9.17, 15) is 60.1 Å². The first-order valence-electron chi connectivity index (χ1n) is 24.6. The van der Waals surface area contributed by atoms with E-state index in [1.807, 2.05) is 17.4 Å². The summed E-state index contributed by atoms with van der Waals surface area (Å²) in [5.41, 5.74) is -0.885. The van der Waals surface area contributed by atoms with Crippen molar-refractivity contribution in [2.75, 3.05) is 44.9 Å².